The van der Waals surface area contributed by atoms with Gasteiger partial charge in [0.1, 0.15) is 46.0 Å². The monoisotopic (exact) mass is 1250 g/mol. The molecule has 0 amide bonds. The minimum absolute atomic E-state index is 0.330. The summed E-state index contributed by atoms with van der Waals surface area (Å²) in [6, 6.07) is 93.9. The van der Waals surface area contributed by atoms with Crippen LogP contribution in [0.5, 0.6) is 46.0 Å². The van der Waals surface area contributed by atoms with Gasteiger partial charge in [0.2, 0.25) is 0 Å². The van der Waals surface area contributed by atoms with Gasteiger partial charge in [0.15, 0.2) is 0 Å². The summed E-state index contributed by atoms with van der Waals surface area (Å²) in [7, 11) is 13.6. The predicted molar refractivity (Wildman–Crippen MR) is 383 cm³/mol. The van der Waals surface area contributed by atoms with E-state index in [9.17, 15) is 0 Å². The van der Waals surface area contributed by atoms with Gasteiger partial charge >= 0.3 is 0 Å². The second-order valence-corrected chi connectivity index (χ2v) is 23.4. The molecule has 11 nitrogen and oxygen atoms in total. The van der Waals surface area contributed by atoms with E-state index in [1.807, 2.05) is 97.1 Å². The third kappa shape index (κ3) is 10.9. The summed E-state index contributed by atoms with van der Waals surface area (Å²) in [4.78, 5) is 6.90. The van der Waals surface area contributed by atoms with Gasteiger partial charge in [-0.1, -0.05) is 85.4 Å². The highest BCUT2D eigenvalue weighted by atomic mass is 16.5. The Hall–Kier alpha value is -11.8. The largest absolute Gasteiger partial charge is 0.497 e. The average Bonchev–Trinajstić information content (AvgIpc) is 1.50. The fraction of sp³-hybridized carbons (Fsp3) is 0.119. The SMILES string of the molecule is C=C(c1cccc(OC)c1)C(c1ccc(OC)cc1)c1ccc2c(c1)C1(c3cc(N(c4ccc(OC)cc4)c4cccc(OC)c4)ccc3-2)c2cc(N(c3ccc(OC)cc3)c3cccc(OC)c3)ccc2-c2ccc(N(c3ccc(OC)cc3)c3cccc(OC)c3)cc21. The standard InChI is InChI=1S/C84H71N3O8/c1-54(56-14-10-18-71(46-56)92-6)83(55-22-34-67(88-2)35-23-55)57-24-42-75-76-43-31-64(85(58-25-36-68(89-3)37-26-58)61-15-11-19-72(48-61)93-7)51-80(76)84(79(75)47-57)81-52-65(86(59-27-38-69(90-4)39-28-59)62-16-12-20-73(49-62)94-8)32-44-77(81)78-45-33-66(53-82(78)84)87(60-29-40-70(91-5)41-30-60)63-17-13-21-74(50-63)95-9/h10-53,83H,1H2,2-9H3. The Balaban J connectivity index is 1.11. The van der Waals surface area contributed by atoms with E-state index in [-0.39, 0.29) is 5.92 Å². The molecular weight excluding hydrogens is 1180 g/mol. The molecular formula is C84H71N3O8. The first-order valence-corrected chi connectivity index (χ1v) is 31.4. The number of rotatable bonds is 21. The Kier molecular flexibility index (Phi) is 16.4. The molecule has 14 rings (SSSR count). The summed E-state index contributed by atoms with van der Waals surface area (Å²) in [5, 5.41) is 0. The highest BCUT2D eigenvalue weighted by Crippen LogP contribution is 2.65. The minimum atomic E-state index is -1.03. The highest BCUT2D eigenvalue weighted by molar-refractivity contribution is 5.99. The normalized spacial score (nSPS) is 12.3. The van der Waals surface area contributed by atoms with E-state index >= 15 is 0 Å². The van der Waals surface area contributed by atoms with Crippen molar-refractivity contribution in [2.24, 2.45) is 0 Å². The van der Waals surface area contributed by atoms with E-state index in [1.54, 1.807) is 56.9 Å². The van der Waals surface area contributed by atoms with E-state index in [1.165, 1.54) is 0 Å². The lowest BCUT2D eigenvalue weighted by molar-refractivity contribution is 0.414. The van der Waals surface area contributed by atoms with Crippen LogP contribution >= 0.6 is 0 Å². The van der Waals surface area contributed by atoms with Crippen LogP contribution in [0.3, 0.4) is 0 Å². The number of anilines is 9. The van der Waals surface area contributed by atoms with Crippen molar-refractivity contribution in [1.82, 2.24) is 0 Å². The fourth-order valence-electron chi connectivity index (χ4n) is 14.0. The topological polar surface area (TPSA) is 83.6 Å². The van der Waals surface area contributed by atoms with Gasteiger partial charge in [-0.25, -0.2) is 0 Å². The summed E-state index contributed by atoms with van der Waals surface area (Å²) in [5.74, 6) is 5.62. The highest BCUT2D eigenvalue weighted by Gasteiger charge is 2.53. The second-order valence-electron chi connectivity index (χ2n) is 23.4. The number of ether oxygens (including phenoxy) is 8. The van der Waals surface area contributed by atoms with Crippen LogP contribution in [0, 0.1) is 0 Å². The maximum Gasteiger partial charge on any atom is 0.120 e. The number of fused-ring (bicyclic) bond motifs is 10. The van der Waals surface area contributed by atoms with Crippen molar-refractivity contribution in [3.05, 3.63) is 312 Å². The smallest absolute Gasteiger partial charge is 0.120 e. The summed E-state index contributed by atoms with van der Waals surface area (Å²) in [6.45, 7) is 4.97. The van der Waals surface area contributed by atoms with Crippen molar-refractivity contribution >= 4 is 56.8 Å². The number of benzene rings is 12. The summed E-state index contributed by atoms with van der Waals surface area (Å²) in [5.41, 5.74) is 20.1. The van der Waals surface area contributed by atoms with Crippen LogP contribution in [0.15, 0.2) is 273 Å². The van der Waals surface area contributed by atoms with Crippen LogP contribution in [0.25, 0.3) is 27.8 Å². The van der Waals surface area contributed by atoms with E-state index in [4.69, 9.17) is 44.5 Å². The molecule has 95 heavy (non-hydrogen) atoms. The van der Waals surface area contributed by atoms with Crippen molar-refractivity contribution in [3.63, 3.8) is 0 Å². The molecule has 470 valence electrons. The molecule has 0 aromatic heterocycles. The number of methoxy groups -OCH3 is 8. The summed E-state index contributed by atoms with van der Waals surface area (Å²) >= 11 is 0. The lowest BCUT2D eigenvalue weighted by Crippen LogP contribution is -2.27. The fourth-order valence-corrected chi connectivity index (χ4v) is 14.0. The number of hydrogen-bond donors (Lipinski definition) is 0. The molecule has 2 aliphatic rings. The van der Waals surface area contributed by atoms with Crippen molar-refractivity contribution in [2.45, 2.75) is 11.3 Å². The van der Waals surface area contributed by atoms with Crippen molar-refractivity contribution < 1.29 is 37.9 Å². The molecule has 1 atom stereocenters. The molecule has 0 saturated heterocycles. The van der Waals surface area contributed by atoms with Gasteiger partial charge in [-0.2, -0.15) is 0 Å². The lowest BCUT2D eigenvalue weighted by Gasteiger charge is -2.35. The average molecular weight is 1250 g/mol. The van der Waals surface area contributed by atoms with Gasteiger partial charge in [-0.3, -0.25) is 0 Å². The molecule has 0 fully saturated rings. The van der Waals surface area contributed by atoms with Gasteiger partial charge in [0, 0.05) is 75.3 Å². The Morgan fingerprint density at radius 3 is 0.884 bits per heavy atom. The molecule has 0 aliphatic heterocycles. The molecule has 1 spiro atoms. The molecule has 2 aliphatic carbocycles. The summed E-state index contributed by atoms with van der Waals surface area (Å²) in [6.07, 6.45) is 0. The van der Waals surface area contributed by atoms with E-state index < -0.39 is 5.41 Å². The molecule has 12 aromatic carbocycles. The number of nitrogens with zero attached hydrogens (tertiary/aromatic N) is 3. The van der Waals surface area contributed by atoms with Crippen LogP contribution in [-0.4, -0.2) is 56.9 Å². The third-order valence-corrected chi connectivity index (χ3v) is 18.5. The first kappa shape index (κ1) is 60.7. The molecule has 0 saturated carbocycles. The van der Waals surface area contributed by atoms with Crippen LogP contribution in [-0.2, 0) is 5.41 Å². The lowest BCUT2D eigenvalue weighted by atomic mass is 9.69. The molecule has 0 radical (unpaired) electrons. The molecule has 0 heterocycles. The van der Waals surface area contributed by atoms with Crippen molar-refractivity contribution in [2.75, 3.05) is 71.6 Å². The molecule has 12 aromatic rings. The van der Waals surface area contributed by atoms with Crippen LogP contribution in [0.2, 0.25) is 0 Å². The van der Waals surface area contributed by atoms with Crippen LogP contribution < -0.4 is 52.6 Å². The first-order valence-electron chi connectivity index (χ1n) is 31.4. The Bertz CT molecular complexity index is 4510. The maximum absolute atomic E-state index is 5.95. The molecule has 0 bridgehead atoms. The maximum atomic E-state index is 5.95. The predicted octanol–water partition coefficient (Wildman–Crippen LogP) is 20.4. The molecule has 0 N–H and O–H groups in total. The van der Waals surface area contributed by atoms with Crippen molar-refractivity contribution in [3.8, 4) is 68.2 Å². The zero-order valence-corrected chi connectivity index (χ0v) is 54.3. The number of hydrogen-bond acceptors (Lipinski definition) is 11. The Morgan fingerprint density at radius 1 is 0.263 bits per heavy atom. The van der Waals surface area contributed by atoms with E-state index in [0.717, 1.165) is 164 Å². The second kappa shape index (κ2) is 25.7. The van der Waals surface area contributed by atoms with Gasteiger partial charge in [0.25, 0.3) is 0 Å². The first-order chi connectivity index (χ1) is 46.6. The van der Waals surface area contributed by atoms with Crippen LogP contribution in [0.1, 0.15) is 44.9 Å². The molecule has 1 unspecified atom stereocenters. The zero-order valence-electron chi connectivity index (χ0n) is 54.3. The third-order valence-electron chi connectivity index (χ3n) is 18.5. The van der Waals surface area contributed by atoms with Crippen LogP contribution in [0.4, 0.5) is 51.2 Å². The van der Waals surface area contributed by atoms with Gasteiger partial charge in [-0.15, -0.1) is 0 Å². The zero-order chi connectivity index (χ0) is 65.3. The number of allylic oxidation sites excluding steroid dienone is 1. The van der Waals surface area contributed by atoms with E-state index in [2.05, 4.69) is 185 Å². The Morgan fingerprint density at radius 2 is 0.537 bits per heavy atom. The molecule has 11 heteroatoms. The minimum Gasteiger partial charge on any atom is -0.497 e. The van der Waals surface area contributed by atoms with Gasteiger partial charge in [0.05, 0.1) is 62.3 Å². The summed E-state index contributed by atoms with van der Waals surface area (Å²) < 4.78 is 46.8. The van der Waals surface area contributed by atoms with Gasteiger partial charge in [-0.05, 0) is 237 Å². The van der Waals surface area contributed by atoms with E-state index in [0.29, 0.717) is 0 Å². The quantitative estimate of drug-likeness (QED) is 0.0690. The Labute approximate surface area is 555 Å². The van der Waals surface area contributed by atoms with Gasteiger partial charge < -0.3 is 52.6 Å². The van der Waals surface area contributed by atoms with Crippen molar-refractivity contribution in [1.29, 1.82) is 0 Å².